The molecule has 1 N–H and O–H groups in total. The van der Waals surface area contributed by atoms with Crippen molar-refractivity contribution in [3.05, 3.63) is 27.9 Å². The molecule has 0 spiro atoms. The quantitative estimate of drug-likeness (QED) is 0.605. The van der Waals surface area contributed by atoms with E-state index in [1.165, 1.54) is 19.2 Å². The molecule has 1 heterocycles. The van der Waals surface area contributed by atoms with Gasteiger partial charge in [-0.25, -0.2) is 4.98 Å². The molecule has 1 aromatic rings. The highest BCUT2D eigenvalue weighted by Crippen LogP contribution is 2.22. The molecule has 0 radical (unpaired) electrons. The molecule has 0 aliphatic heterocycles. The van der Waals surface area contributed by atoms with Gasteiger partial charge in [0.2, 0.25) is 5.88 Å². The zero-order chi connectivity index (χ0) is 14.4. The number of hydrogen-bond donors (Lipinski definition) is 1. The Labute approximate surface area is 113 Å². The summed E-state index contributed by atoms with van der Waals surface area (Å²) in [4.78, 5) is 14.8. The summed E-state index contributed by atoms with van der Waals surface area (Å²) >= 11 is 0. The number of nitro groups is 1. The number of rotatable bonds is 7. The molecular formula is C13H21N3O3. The number of aromatic nitrogens is 1. The number of likely N-dealkylation sites (N-methyl/N-ethyl adjacent to an activating group) is 1. The van der Waals surface area contributed by atoms with Crippen LogP contribution in [0.5, 0.6) is 5.88 Å². The van der Waals surface area contributed by atoms with Crippen LogP contribution in [0.15, 0.2) is 12.1 Å². The van der Waals surface area contributed by atoms with E-state index in [2.05, 4.69) is 24.1 Å². The molecular weight excluding hydrogens is 246 g/mol. The third-order valence-electron chi connectivity index (χ3n) is 2.93. The normalized spacial score (nSPS) is 12.5. The van der Waals surface area contributed by atoms with Gasteiger partial charge in [-0.1, -0.05) is 13.8 Å². The molecule has 1 unspecified atom stereocenters. The molecule has 0 saturated carbocycles. The van der Waals surface area contributed by atoms with Crippen LogP contribution < -0.4 is 10.1 Å². The van der Waals surface area contributed by atoms with Crippen LogP contribution in [0, 0.1) is 16.0 Å². The summed E-state index contributed by atoms with van der Waals surface area (Å²) in [5.41, 5.74) is 0.508. The van der Waals surface area contributed by atoms with Crippen molar-refractivity contribution in [1.82, 2.24) is 10.3 Å². The van der Waals surface area contributed by atoms with Gasteiger partial charge in [0.05, 0.1) is 12.0 Å². The van der Waals surface area contributed by atoms with Crippen LogP contribution in [0.3, 0.4) is 0 Å². The lowest BCUT2D eigenvalue weighted by molar-refractivity contribution is -0.386. The third kappa shape index (κ3) is 4.48. The molecule has 0 bridgehead atoms. The van der Waals surface area contributed by atoms with Crippen LogP contribution in [-0.4, -0.2) is 30.1 Å². The van der Waals surface area contributed by atoms with E-state index >= 15 is 0 Å². The van der Waals surface area contributed by atoms with Gasteiger partial charge in [0.1, 0.15) is 5.69 Å². The molecule has 6 heteroatoms. The highest BCUT2D eigenvalue weighted by Gasteiger charge is 2.20. The molecule has 1 atom stereocenters. The lowest BCUT2D eigenvalue weighted by atomic mass is 9.99. The van der Waals surface area contributed by atoms with Gasteiger partial charge in [0.15, 0.2) is 0 Å². The first-order chi connectivity index (χ1) is 8.97. The minimum Gasteiger partial charge on any atom is -0.481 e. The SMILES string of the molecule is CNC(Cc1nc(OC)ccc1[N+](=O)[O-])CC(C)C. The lowest BCUT2D eigenvalue weighted by Gasteiger charge is -2.18. The molecule has 1 rings (SSSR count). The second-order valence-corrected chi connectivity index (χ2v) is 4.90. The highest BCUT2D eigenvalue weighted by atomic mass is 16.6. The van der Waals surface area contributed by atoms with Crippen LogP contribution in [0.4, 0.5) is 5.69 Å². The standard InChI is InChI=1S/C13H21N3O3/c1-9(2)7-10(14-3)8-11-12(16(17)18)5-6-13(15-11)19-4/h5-6,9-10,14H,7-8H2,1-4H3. The summed E-state index contributed by atoms with van der Waals surface area (Å²) in [6, 6.07) is 3.13. The zero-order valence-corrected chi connectivity index (χ0v) is 11.8. The zero-order valence-electron chi connectivity index (χ0n) is 11.8. The summed E-state index contributed by atoms with van der Waals surface area (Å²) in [5, 5.41) is 14.2. The van der Waals surface area contributed by atoms with E-state index in [0.717, 1.165) is 6.42 Å². The second-order valence-electron chi connectivity index (χ2n) is 4.90. The fourth-order valence-electron chi connectivity index (χ4n) is 2.01. The van der Waals surface area contributed by atoms with Gasteiger partial charge >= 0.3 is 0 Å². The molecule has 6 nitrogen and oxygen atoms in total. The van der Waals surface area contributed by atoms with Crippen molar-refractivity contribution in [2.24, 2.45) is 5.92 Å². The summed E-state index contributed by atoms with van der Waals surface area (Å²) in [6.45, 7) is 4.25. The molecule has 0 fully saturated rings. The molecule has 0 aliphatic rings. The number of ether oxygens (including phenoxy) is 1. The van der Waals surface area contributed by atoms with Crippen LogP contribution >= 0.6 is 0 Å². The predicted molar refractivity (Wildman–Crippen MR) is 73.5 cm³/mol. The maximum Gasteiger partial charge on any atom is 0.291 e. The summed E-state index contributed by atoms with van der Waals surface area (Å²) in [5.74, 6) is 0.919. The average molecular weight is 267 g/mol. The summed E-state index contributed by atoms with van der Waals surface area (Å²) in [6.07, 6.45) is 1.45. The first kappa shape index (κ1) is 15.4. The molecule has 0 aromatic carbocycles. The van der Waals surface area contributed by atoms with Gasteiger partial charge in [-0.15, -0.1) is 0 Å². The molecule has 0 amide bonds. The smallest absolute Gasteiger partial charge is 0.291 e. The first-order valence-corrected chi connectivity index (χ1v) is 6.33. The number of hydrogen-bond acceptors (Lipinski definition) is 5. The maximum atomic E-state index is 11.0. The number of methoxy groups -OCH3 is 1. The van der Waals surface area contributed by atoms with Gasteiger partial charge < -0.3 is 10.1 Å². The van der Waals surface area contributed by atoms with Crippen molar-refractivity contribution in [3.63, 3.8) is 0 Å². The number of pyridine rings is 1. The van der Waals surface area contributed by atoms with E-state index in [9.17, 15) is 10.1 Å². The Kier molecular flexibility index (Phi) is 5.69. The third-order valence-corrected chi connectivity index (χ3v) is 2.93. The number of nitrogens with zero attached hydrogens (tertiary/aromatic N) is 2. The largest absolute Gasteiger partial charge is 0.481 e. The van der Waals surface area contributed by atoms with Crippen molar-refractivity contribution in [2.75, 3.05) is 14.2 Å². The van der Waals surface area contributed by atoms with Crippen molar-refractivity contribution < 1.29 is 9.66 Å². The van der Waals surface area contributed by atoms with Crippen molar-refractivity contribution in [2.45, 2.75) is 32.7 Å². The summed E-state index contributed by atoms with van der Waals surface area (Å²) in [7, 11) is 3.36. The molecule has 19 heavy (non-hydrogen) atoms. The van der Waals surface area contributed by atoms with Crippen LogP contribution in [-0.2, 0) is 6.42 Å². The first-order valence-electron chi connectivity index (χ1n) is 6.33. The van der Waals surface area contributed by atoms with Crippen molar-refractivity contribution in [3.8, 4) is 5.88 Å². The Hall–Kier alpha value is -1.69. The van der Waals surface area contributed by atoms with Gasteiger partial charge in [-0.2, -0.15) is 0 Å². The van der Waals surface area contributed by atoms with E-state index in [1.54, 1.807) is 0 Å². The fraction of sp³-hybridized carbons (Fsp3) is 0.615. The second kappa shape index (κ2) is 7.04. The van der Waals surface area contributed by atoms with E-state index in [4.69, 9.17) is 4.74 Å². The Morgan fingerprint density at radius 2 is 2.16 bits per heavy atom. The highest BCUT2D eigenvalue weighted by molar-refractivity contribution is 5.38. The maximum absolute atomic E-state index is 11.0. The van der Waals surface area contributed by atoms with E-state index in [0.29, 0.717) is 23.9 Å². The van der Waals surface area contributed by atoms with E-state index in [1.807, 2.05) is 7.05 Å². The Morgan fingerprint density at radius 1 is 1.47 bits per heavy atom. The molecule has 106 valence electrons. The minimum atomic E-state index is -0.399. The molecule has 0 aliphatic carbocycles. The van der Waals surface area contributed by atoms with Gasteiger partial charge in [-0.05, 0) is 19.4 Å². The van der Waals surface area contributed by atoms with E-state index < -0.39 is 4.92 Å². The lowest BCUT2D eigenvalue weighted by Crippen LogP contribution is -2.29. The van der Waals surface area contributed by atoms with Gasteiger partial charge in [-0.3, -0.25) is 10.1 Å². The van der Waals surface area contributed by atoms with E-state index in [-0.39, 0.29) is 11.7 Å². The van der Waals surface area contributed by atoms with Crippen LogP contribution in [0.2, 0.25) is 0 Å². The minimum absolute atomic E-state index is 0.0461. The summed E-state index contributed by atoms with van der Waals surface area (Å²) < 4.78 is 5.03. The van der Waals surface area contributed by atoms with Crippen molar-refractivity contribution in [1.29, 1.82) is 0 Å². The Bertz CT molecular complexity index is 435. The van der Waals surface area contributed by atoms with Crippen LogP contribution in [0.1, 0.15) is 26.0 Å². The topological polar surface area (TPSA) is 77.3 Å². The van der Waals surface area contributed by atoms with Crippen LogP contribution in [0.25, 0.3) is 0 Å². The monoisotopic (exact) mass is 267 g/mol. The fourth-order valence-corrected chi connectivity index (χ4v) is 2.01. The number of nitrogens with one attached hydrogen (secondary N) is 1. The predicted octanol–water partition coefficient (Wildman–Crippen LogP) is 2.17. The average Bonchev–Trinajstić information content (AvgIpc) is 2.36. The van der Waals surface area contributed by atoms with Crippen molar-refractivity contribution >= 4 is 5.69 Å². The van der Waals surface area contributed by atoms with Gasteiger partial charge in [0, 0.05) is 24.6 Å². The Balaban J connectivity index is 2.98. The molecule has 0 saturated heterocycles. The Morgan fingerprint density at radius 3 is 2.63 bits per heavy atom. The van der Waals surface area contributed by atoms with Gasteiger partial charge in [0.25, 0.3) is 5.69 Å². The molecule has 1 aromatic heterocycles.